The first-order valence-electron chi connectivity index (χ1n) is 12.6. The van der Waals surface area contributed by atoms with E-state index >= 15 is 0 Å². The lowest BCUT2D eigenvalue weighted by atomic mass is 10.1. The summed E-state index contributed by atoms with van der Waals surface area (Å²) in [7, 11) is 1.39. The first kappa shape index (κ1) is 26.4. The number of carbonyl (C=O) groups is 1. The number of nitrogen functional groups attached to an aromatic ring is 1. The van der Waals surface area contributed by atoms with Crippen LogP contribution in [0, 0.1) is 12.7 Å². The van der Waals surface area contributed by atoms with E-state index in [1.807, 2.05) is 37.3 Å². The Labute approximate surface area is 229 Å². The normalized spacial score (nSPS) is 10.9. The van der Waals surface area contributed by atoms with E-state index in [1.165, 1.54) is 24.1 Å². The number of anilines is 2. The zero-order valence-corrected chi connectivity index (χ0v) is 22.2. The largest absolute Gasteiger partial charge is 0.494 e. The van der Waals surface area contributed by atoms with Gasteiger partial charge in [0.1, 0.15) is 17.1 Å². The number of hydrogen-bond donors (Lipinski definition) is 2. The van der Waals surface area contributed by atoms with Crippen molar-refractivity contribution in [3.63, 3.8) is 0 Å². The second-order valence-electron chi connectivity index (χ2n) is 8.97. The fourth-order valence-electron chi connectivity index (χ4n) is 4.63. The van der Waals surface area contributed by atoms with Crippen LogP contribution >= 0.6 is 0 Å². The van der Waals surface area contributed by atoms with E-state index in [4.69, 9.17) is 10.5 Å². The number of nitrogens with one attached hydrogen (secondary N) is 1. The van der Waals surface area contributed by atoms with Gasteiger partial charge in [-0.25, -0.2) is 19.0 Å². The van der Waals surface area contributed by atoms with Crippen LogP contribution in [-0.2, 0) is 6.54 Å². The van der Waals surface area contributed by atoms with Crippen LogP contribution in [0.4, 0.5) is 15.9 Å². The first-order chi connectivity index (χ1) is 19.3. The van der Waals surface area contributed by atoms with E-state index in [-0.39, 0.29) is 22.7 Å². The number of amides is 1. The number of hydrogen-bond acceptors (Lipinski definition) is 6. The molecule has 5 rings (SSSR count). The van der Waals surface area contributed by atoms with Crippen molar-refractivity contribution in [2.75, 3.05) is 18.2 Å². The number of halogens is 1. The van der Waals surface area contributed by atoms with E-state index in [9.17, 15) is 14.0 Å². The summed E-state index contributed by atoms with van der Waals surface area (Å²) in [5.41, 5.74) is 8.99. The molecule has 202 valence electrons. The summed E-state index contributed by atoms with van der Waals surface area (Å²) in [5.74, 6) is -0.798. The second kappa shape index (κ2) is 10.9. The Balaban J connectivity index is 1.43. The minimum absolute atomic E-state index is 0.0675. The Kier molecular flexibility index (Phi) is 7.15. The van der Waals surface area contributed by atoms with Crippen LogP contribution in [-0.4, -0.2) is 32.3 Å². The first-order valence-corrected chi connectivity index (χ1v) is 12.6. The highest BCUT2D eigenvalue weighted by Gasteiger charge is 2.23. The molecule has 9 nitrogen and oxygen atoms in total. The number of aromatic nitrogens is 4. The van der Waals surface area contributed by atoms with Crippen molar-refractivity contribution in [1.29, 1.82) is 0 Å². The Hall–Kier alpha value is -5.25. The molecule has 0 saturated heterocycles. The molecular formula is C30H27FN6O3. The highest BCUT2D eigenvalue weighted by Crippen LogP contribution is 2.31. The third kappa shape index (κ3) is 4.71. The topological polar surface area (TPSA) is 117 Å². The van der Waals surface area contributed by atoms with Gasteiger partial charge in [0.2, 0.25) is 0 Å². The summed E-state index contributed by atoms with van der Waals surface area (Å²) in [6.45, 7) is 4.18. The fourth-order valence-corrected chi connectivity index (χ4v) is 4.63. The summed E-state index contributed by atoms with van der Waals surface area (Å²) >= 11 is 0. The summed E-state index contributed by atoms with van der Waals surface area (Å²) in [4.78, 5) is 35.3. The zero-order valence-electron chi connectivity index (χ0n) is 22.2. The molecule has 0 unspecified atom stereocenters. The molecule has 0 bridgehead atoms. The third-order valence-electron chi connectivity index (χ3n) is 6.60. The van der Waals surface area contributed by atoms with Gasteiger partial charge in [-0.3, -0.25) is 14.3 Å². The van der Waals surface area contributed by atoms with Gasteiger partial charge in [0, 0.05) is 23.4 Å². The Morgan fingerprint density at radius 3 is 2.45 bits per heavy atom. The van der Waals surface area contributed by atoms with Crippen molar-refractivity contribution in [3.8, 4) is 34.0 Å². The molecule has 2 heterocycles. The maximum absolute atomic E-state index is 14.8. The molecule has 3 aromatic carbocycles. The van der Waals surface area contributed by atoms with Crippen molar-refractivity contribution < 1.29 is 13.9 Å². The van der Waals surface area contributed by atoms with Crippen molar-refractivity contribution >= 4 is 17.4 Å². The predicted octanol–water partition coefficient (Wildman–Crippen LogP) is 5.07. The smallest absolute Gasteiger partial charge is 0.284 e. The predicted molar refractivity (Wildman–Crippen MR) is 152 cm³/mol. The number of para-hydroxylation sites is 1. The lowest BCUT2D eigenvalue weighted by molar-refractivity contribution is 0.102. The average Bonchev–Trinajstić information content (AvgIpc) is 3.23. The van der Waals surface area contributed by atoms with Gasteiger partial charge in [0.25, 0.3) is 11.5 Å². The van der Waals surface area contributed by atoms with E-state index < -0.39 is 17.3 Å². The molecular weight excluding hydrogens is 511 g/mol. The Bertz CT molecular complexity index is 1760. The minimum Gasteiger partial charge on any atom is -0.494 e. The van der Waals surface area contributed by atoms with Gasteiger partial charge in [-0.15, -0.1) is 0 Å². The molecule has 40 heavy (non-hydrogen) atoms. The van der Waals surface area contributed by atoms with E-state index in [1.54, 1.807) is 48.0 Å². The zero-order chi connectivity index (χ0) is 28.4. The van der Waals surface area contributed by atoms with Crippen LogP contribution in [0.5, 0.6) is 5.75 Å². The Morgan fingerprint density at radius 2 is 1.77 bits per heavy atom. The van der Waals surface area contributed by atoms with Crippen molar-refractivity contribution in [2.24, 2.45) is 0 Å². The monoisotopic (exact) mass is 538 g/mol. The van der Waals surface area contributed by atoms with Crippen LogP contribution in [0.15, 0.2) is 83.8 Å². The standard InChI is InChI=1S/C30H27FN6O3/c1-4-36-18(2)25(30(39)37(36)21-9-6-5-7-10-21)29(38)34-20-15-13-19(14-16-20)27-28(32)33-17-23(35-27)22-11-8-12-24(40-3)26(22)31/h5-17H,4H2,1-3H3,(H2,32,33)(H,34,38). The molecule has 0 aliphatic heterocycles. The van der Waals surface area contributed by atoms with Crippen LogP contribution in [0.3, 0.4) is 0 Å². The molecule has 0 spiro atoms. The number of rotatable bonds is 7. The minimum atomic E-state index is -0.549. The lowest BCUT2D eigenvalue weighted by Crippen LogP contribution is -2.25. The van der Waals surface area contributed by atoms with Crippen LogP contribution in [0.2, 0.25) is 0 Å². The molecule has 0 radical (unpaired) electrons. The van der Waals surface area contributed by atoms with Gasteiger partial charge in [-0.1, -0.05) is 36.4 Å². The third-order valence-corrected chi connectivity index (χ3v) is 6.60. The van der Waals surface area contributed by atoms with Crippen molar-refractivity contribution in [1.82, 2.24) is 19.3 Å². The molecule has 0 aliphatic rings. The van der Waals surface area contributed by atoms with Gasteiger partial charge in [-0.05, 0) is 50.2 Å². The lowest BCUT2D eigenvalue weighted by Gasteiger charge is -2.11. The number of ether oxygens (including phenoxy) is 1. The highest BCUT2D eigenvalue weighted by atomic mass is 19.1. The summed E-state index contributed by atoms with van der Waals surface area (Å²) in [6, 6.07) is 20.7. The van der Waals surface area contributed by atoms with E-state index in [2.05, 4.69) is 15.3 Å². The molecule has 5 aromatic rings. The molecule has 10 heteroatoms. The molecule has 1 amide bonds. The number of nitrogens with zero attached hydrogens (tertiary/aromatic N) is 4. The summed E-state index contributed by atoms with van der Waals surface area (Å²) in [6.07, 6.45) is 1.40. The molecule has 3 N–H and O–H groups in total. The molecule has 0 fully saturated rings. The van der Waals surface area contributed by atoms with Crippen LogP contribution in [0.1, 0.15) is 23.0 Å². The maximum atomic E-state index is 14.8. The molecule has 2 aromatic heterocycles. The van der Waals surface area contributed by atoms with E-state index in [0.29, 0.717) is 40.6 Å². The van der Waals surface area contributed by atoms with Gasteiger partial charge in [0.05, 0.1) is 30.4 Å². The molecule has 0 saturated carbocycles. The summed E-state index contributed by atoms with van der Waals surface area (Å²) < 4.78 is 23.2. The van der Waals surface area contributed by atoms with Crippen LogP contribution in [0.25, 0.3) is 28.2 Å². The number of benzene rings is 3. The molecule has 0 aliphatic carbocycles. The molecule has 0 atom stereocenters. The van der Waals surface area contributed by atoms with E-state index in [0.717, 1.165) is 0 Å². The number of methoxy groups -OCH3 is 1. The van der Waals surface area contributed by atoms with Gasteiger partial charge in [-0.2, -0.15) is 0 Å². The average molecular weight is 539 g/mol. The Morgan fingerprint density at radius 1 is 1.05 bits per heavy atom. The van der Waals surface area contributed by atoms with Gasteiger partial charge >= 0.3 is 0 Å². The quantitative estimate of drug-likeness (QED) is 0.299. The van der Waals surface area contributed by atoms with Gasteiger partial charge in [0.15, 0.2) is 11.6 Å². The van der Waals surface area contributed by atoms with Crippen molar-refractivity contribution in [2.45, 2.75) is 20.4 Å². The number of carbonyl (C=O) groups excluding carboxylic acids is 1. The summed E-state index contributed by atoms with van der Waals surface area (Å²) in [5, 5.41) is 2.81. The van der Waals surface area contributed by atoms with Gasteiger partial charge < -0.3 is 15.8 Å². The van der Waals surface area contributed by atoms with Crippen LogP contribution < -0.4 is 21.3 Å². The van der Waals surface area contributed by atoms with Crippen molar-refractivity contribution in [3.05, 3.63) is 106 Å². The number of nitrogens with two attached hydrogens (primary N) is 1. The fraction of sp³-hybridized carbons (Fsp3) is 0.133. The highest BCUT2D eigenvalue weighted by molar-refractivity contribution is 6.05. The second-order valence-corrected chi connectivity index (χ2v) is 8.97. The maximum Gasteiger partial charge on any atom is 0.284 e. The SMILES string of the molecule is CCn1c(C)c(C(=O)Nc2ccc(-c3nc(-c4cccc(OC)c4F)cnc3N)cc2)c(=O)n1-c1ccccc1.